The molecule has 0 radical (unpaired) electrons. The Bertz CT molecular complexity index is 540. The van der Waals surface area contributed by atoms with Crippen LogP contribution in [0.25, 0.3) is 0 Å². The Kier molecular flexibility index (Phi) is 4.24. The molecule has 1 aliphatic heterocycles. The maximum Gasteiger partial charge on any atom is 0.244 e. The largest absolute Gasteiger partial charge is 0.390 e. The van der Waals surface area contributed by atoms with Crippen molar-refractivity contribution < 1.29 is 18.3 Å². The van der Waals surface area contributed by atoms with Gasteiger partial charge >= 0.3 is 0 Å². The van der Waals surface area contributed by atoms with E-state index in [2.05, 4.69) is 14.9 Å². The van der Waals surface area contributed by atoms with Gasteiger partial charge in [-0.25, -0.2) is 13.1 Å². The first-order valence-corrected chi connectivity index (χ1v) is 7.71. The van der Waals surface area contributed by atoms with E-state index in [4.69, 9.17) is 9.84 Å². The molecule has 3 N–H and O–H groups in total. The molecule has 7 nitrogen and oxygen atoms in total. The van der Waals surface area contributed by atoms with Gasteiger partial charge in [-0.3, -0.25) is 5.10 Å². The van der Waals surface area contributed by atoms with Crippen molar-refractivity contribution >= 4 is 10.0 Å². The quantitative estimate of drug-likeness (QED) is 0.727. The molecule has 2 unspecified atom stereocenters. The second-order valence-corrected chi connectivity index (χ2v) is 6.46. The second kappa shape index (κ2) is 5.58. The number of hydrogen-bond acceptors (Lipinski definition) is 5. The molecule has 1 aromatic rings. The zero-order chi connectivity index (χ0) is 14.0. The van der Waals surface area contributed by atoms with Gasteiger partial charge in [-0.2, -0.15) is 5.10 Å². The Morgan fingerprint density at radius 3 is 2.95 bits per heavy atom. The van der Waals surface area contributed by atoms with Crippen LogP contribution in [0.2, 0.25) is 0 Å². The van der Waals surface area contributed by atoms with Crippen molar-refractivity contribution in [3.8, 4) is 0 Å². The van der Waals surface area contributed by atoms with Crippen LogP contribution < -0.4 is 4.72 Å². The molecule has 1 saturated heterocycles. The first-order valence-electron chi connectivity index (χ1n) is 6.22. The summed E-state index contributed by atoms with van der Waals surface area (Å²) in [7, 11) is -3.67. The molecule has 0 aromatic carbocycles. The molecule has 0 saturated carbocycles. The Morgan fingerprint density at radius 2 is 2.32 bits per heavy atom. The van der Waals surface area contributed by atoms with Crippen LogP contribution in [0.3, 0.4) is 0 Å². The summed E-state index contributed by atoms with van der Waals surface area (Å²) in [4.78, 5) is 0.0501. The summed E-state index contributed by atoms with van der Waals surface area (Å²) in [6.07, 6.45) is 1.34. The maximum absolute atomic E-state index is 12.3. The lowest BCUT2D eigenvalue weighted by atomic mass is 10.1. The van der Waals surface area contributed by atoms with Gasteiger partial charge < -0.3 is 9.84 Å². The summed E-state index contributed by atoms with van der Waals surface area (Å²) in [5.41, 5.74) is 0.571. The number of nitrogens with one attached hydrogen (secondary N) is 2. The maximum atomic E-state index is 12.3. The summed E-state index contributed by atoms with van der Waals surface area (Å²) in [6.45, 7) is 3.67. The third-order valence-corrected chi connectivity index (χ3v) is 4.91. The number of H-pyrrole nitrogens is 1. The van der Waals surface area contributed by atoms with E-state index in [-0.39, 0.29) is 22.7 Å². The lowest BCUT2D eigenvalue weighted by Gasteiger charge is -2.27. The summed E-state index contributed by atoms with van der Waals surface area (Å²) in [5, 5.41) is 15.5. The number of rotatable bonds is 4. The Balaban J connectivity index is 2.20. The summed E-state index contributed by atoms with van der Waals surface area (Å²) >= 11 is 0. The molecule has 2 atom stereocenters. The molecule has 1 aromatic heterocycles. The second-order valence-electron chi connectivity index (χ2n) is 4.81. The van der Waals surface area contributed by atoms with Gasteiger partial charge in [0.1, 0.15) is 10.6 Å². The van der Waals surface area contributed by atoms with Gasteiger partial charge in [-0.05, 0) is 26.7 Å². The lowest BCUT2D eigenvalue weighted by molar-refractivity contribution is 0.0173. The van der Waals surface area contributed by atoms with Gasteiger partial charge in [0.25, 0.3) is 0 Å². The highest BCUT2D eigenvalue weighted by molar-refractivity contribution is 7.89. The minimum atomic E-state index is -3.67. The van der Waals surface area contributed by atoms with Crippen molar-refractivity contribution in [1.29, 1.82) is 0 Å². The number of sulfonamides is 1. The fourth-order valence-corrected chi connectivity index (χ4v) is 3.96. The molecule has 0 amide bonds. The molecule has 2 rings (SSSR count). The van der Waals surface area contributed by atoms with Crippen molar-refractivity contribution in [2.75, 3.05) is 6.61 Å². The van der Waals surface area contributed by atoms with E-state index in [1.165, 1.54) is 0 Å². The number of ether oxygens (including phenoxy) is 1. The van der Waals surface area contributed by atoms with Gasteiger partial charge in [0.05, 0.1) is 18.4 Å². The number of hydrogen-bond donors (Lipinski definition) is 3. The minimum absolute atomic E-state index is 0.0456. The normalized spacial score (nSPS) is 24.6. The van der Waals surface area contributed by atoms with Crippen LogP contribution in [-0.4, -0.2) is 42.5 Å². The van der Waals surface area contributed by atoms with E-state index >= 15 is 0 Å². The van der Waals surface area contributed by atoms with Crippen LogP contribution >= 0.6 is 0 Å². The van der Waals surface area contributed by atoms with Crippen LogP contribution in [-0.2, 0) is 21.4 Å². The van der Waals surface area contributed by atoms with Crippen molar-refractivity contribution in [3.63, 3.8) is 0 Å². The molecule has 1 fully saturated rings. The zero-order valence-corrected chi connectivity index (χ0v) is 11.8. The van der Waals surface area contributed by atoms with Gasteiger partial charge in [-0.15, -0.1) is 0 Å². The molecule has 0 aliphatic carbocycles. The standard InChI is InChI=1S/C11H19N3O4S/c1-7-5-9(3-4-18-7)14-19(16,17)11-8(2)12-13-10(11)6-15/h7,9,14-15H,3-6H2,1-2H3,(H,12,13). The molecule has 0 bridgehead atoms. The average molecular weight is 289 g/mol. The first-order chi connectivity index (χ1) is 8.94. The summed E-state index contributed by atoms with van der Waals surface area (Å²) in [6, 6.07) is -0.144. The number of aromatic nitrogens is 2. The molecular weight excluding hydrogens is 270 g/mol. The summed E-state index contributed by atoms with van der Waals surface area (Å²) in [5.74, 6) is 0. The van der Waals surface area contributed by atoms with Gasteiger partial charge in [0.2, 0.25) is 10.0 Å². The molecular formula is C11H19N3O4S. The number of aryl methyl sites for hydroxylation is 1. The number of aliphatic hydroxyl groups is 1. The average Bonchev–Trinajstić information content (AvgIpc) is 2.70. The lowest BCUT2D eigenvalue weighted by Crippen LogP contribution is -2.41. The van der Waals surface area contributed by atoms with Crippen LogP contribution in [0.15, 0.2) is 4.90 Å². The van der Waals surface area contributed by atoms with Gasteiger partial charge in [-0.1, -0.05) is 0 Å². The Hall–Kier alpha value is -0.960. The van der Waals surface area contributed by atoms with E-state index in [1.54, 1.807) is 6.92 Å². The van der Waals surface area contributed by atoms with E-state index in [0.717, 1.165) is 0 Å². The van der Waals surface area contributed by atoms with Gasteiger partial charge in [0, 0.05) is 12.6 Å². The van der Waals surface area contributed by atoms with E-state index in [0.29, 0.717) is 25.1 Å². The van der Waals surface area contributed by atoms with Crippen molar-refractivity contribution in [2.45, 2.75) is 50.3 Å². The van der Waals surface area contributed by atoms with Crippen LogP contribution in [0.5, 0.6) is 0 Å². The van der Waals surface area contributed by atoms with Gasteiger partial charge in [0.15, 0.2) is 0 Å². The topological polar surface area (TPSA) is 104 Å². The molecule has 2 heterocycles. The Labute approximate surface area is 112 Å². The van der Waals surface area contributed by atoms with Crippen LogP contribution in [0, 0.1) is 6.92 Å². The predicted octanol–water partition coefficient (Wildman–Crippen LogP) is 0.0562. The monoisotopic (exact) mass is 289 g/mol. The third-order valence-electron chi connectivity index (χ3n) is 3.19. The minimum Gasteiger partial charge on any atom is -0.390 e. The third kappa shape index (κ3) is 3.14. The molecule has 1 aliphatic rings. The zero-order valence-electron chi connectivity index (χ0n) is 11.0. The Morgan fingerprint density at radius 1 is 1.58 bits per heavy atom. The summed E-state index contributed by atoms with van der Waals surface area (Å²) < 4.78 is 32.7. The number of aromatic amines is 1. The fourth-order valence-electron chi connectivity index (χ4n) is 2.32. The molecule has 0 spiro atoms. The molecule has 108 valence electrons. The number of nitrogens with zero attached hydrogens (tertiary/aromatic N) is 1. The highest BCUT2D eigenvalue weighted by atomic mass is 32.2. The van der Waals surface area contributed by atoms with Crippen molar-refractivity contribution in [1.82, 2.24) is 14.9 Å². The van der Waals surface area contributed by atoms with Crippen LogP contribution in [0.1, 0.15) is 31.2 Å². The fraction of sp³-hybridized carbons (Fsp3) is 0.727. The highest BCUT2D eigenvalue weighted by Crippen LogP contribution is 2.20. The highest BCUT2D eigenvalue weighted by Gasteiger charge is 2.29. The van der Waals surface area contributed by atoms with Crippen LogP contribution in [0.4, 0.5) is 0 Å². The first kappa shape index (κ1) is 14.4. The SMILES string of the molecule is Cc1[nH]nc(CO)c1S(=O)(=O)NC1CCOC(C)C1. The van der Waals surface area contributed by atoms with Crippen molar-refractivity contribution in [2.24, 2.45) is 0 Å². The predicted molar refractivity (Wildman–Crippen MR) is 68.0 cm³/mol. The smallest absolute Gasteiger partial charge is 0.244 e. The van der Waals surface area contributed by atoms with E-state index in [1.807, 2.05) is 6.92 Å². The number of aliphatic hydroxyl groups excluding tert-OH is 1. The van der Waals surface area contributed by atoms with E-state index in [9.17, 15) is 8.42 Å². The molecule has 19 heavy (non-hydrogen) atoms. The van der Waals surface area contributed by atoms with Crippen molar-refractivity contribution in [3.05, 3.63) is 11.4 Å². The molecule has 8 heteroatoms. The van der Waals surface area contributed by atoms with E-state index < -0.39 is 16.6 Å².